The van der Waals surface area contributed by atoms with Crippen LogP contribution in [0, 0.1) is 0 Å². The number of aliphatic carboxylic acids is 1. The van der Waals surface area contributed by atoms with E-state index in [0.29, 0.717) is 0 Å². The van der Waals surface area contributed by atoms with Crippen molar-refractivity contribution in [2.24, 2.45) is 0 Å². The van der Waals surface area contributed by atoms with E-state index in [0.717, 1.165) is 12.8 Å². The van der Waals surface area contributed by atoms with Gasteiger partial charge in [0, 0.05) is 6.08 Å². The van der Waals surface area contributed by atoms with Gasteiger partial charge in [0.05, 0.1) is 0 Å². The van der Waals surface area contributed by atoms with Crippen LogP contribution in [0.15, 0.2) is 24.3 Å². The Bertz CT molecular complexity index is 217. The van der Waals surface area contributed by atoms with Crippen molar-refractivity contribution in [3.8, 4) is 0 Å². The molecule has 0 rings (SSSR count). The normalized spacial score (nSPS) is 10.6. The van der Waals surface area contributed by atoms with Crippen LogP contribution in [0.1, 0.15) is 72.1 Å². The fraction of sp³-hybridized carbons (Fsp3) is 0.688. The Balaban J connectivity index is 0. The molecule has 0 spiro atoms. The standard InChI is InChI=1S/C8H14O2.C8H16/c1-2-3-4-5-6-7-8(9)10;1-3-5-7-8-6-4-2/h6-7H,2-5H2,1H3,(H,9,10);3,5H,4,6-8H2,1-2H3. The topological polar surface area (TPSA) is 37.3 Å². The smallest absolute Gasteiger partial charge is 0.327 e. The molecule has 0 unspecified atom stereocenters. The number of carboxylic acids is 1. The van der Waals surface area contributed by atoms with Gasteiger partial charge >= 0.3 is 5.97 Å². The van der Waals surface area contributed by atoms with Gasteiger partial charge in [0.2, 0.25) is 0 Å². The van der Waals surface area contributed by atoms with Gasteiger partial charge in [-0.05, 0) is 32.6 Å². The monoisotopic (exact) mass is 254 g/mol. The van der Waals surface area contributed by atoms with Crippen LogP contribution >= 0.6 is 0 Å². The first kappa shape index (κ1) is 19.3. The molecule has 0 saturated carbocycles. The molecule has 0 aromatic heterocycles. The summed E-state index contributed by atoms with van der Waals surface area (Å²) in [5, 5.41) is 8.18. The second-order valence-electron chi connectivity index (χ2n) is 4.30. The van der Waals surface area contributed by atoms with E-state index < -0.39 is 5.97 Å². The maximum Gasteiger partial charge on any atom is 0.327 e. The molecule has 0 fully saturated rings. The predicted octanol–water partition coefficient (Wildman–Crippen LogP) is 5.35. The summed E-state index contributed by atoms with van der Waals surface area (Å²) in [5.74, 6) is -0.850. The van der Waals surface area contributed by atoms with E-state index in [1.165, 1.54) is 44.6 Å². The van der Waals surface area contributed by atoms with Crippen molar-refractivity contribution in [2.45, 2.75) is 72.1 Å². The largest absolute Gasteiger partial charge is 0.478 e. The number of allylic oxidation sites excluding steroid dienone is 3. The van der Waals surface area contributed by atoms with Crippen molar-refractivity contribution < 1.29 is 9.90 Å². The molecule has 18 heavy (non-hydrogen) atoms. The zero-order valence-corrected chi connectivity index (χ0v) is 12.3. The van der Waals surface area contributed by atoms with Gasteiger partial charge in [-0.15, -0.1) is 0 Å². The van der Waals surface area contributed by atoms with Crippen LogP contribution in [0.5, 0.6) is 0 Å². The fourth-order valence-corrected chi connectivity index (χ4v) is 1.38. The molecule has 2 heteroatoms. The lowest BCUT2D eigenvalue weighted by atomic mass is 10.2. The summed E-state index contributed by atoms with van der Waals surface area (Å²) in [6.45, 7) is 6.43. The Morgan fingerprint density at radius 2 is 1.44 bits per heavy atom. The van der Waals surface area contributed by atoms with Gasteiger partial charge in [-0.2, -0.15) is 0 Å². The van der Waals surface area contributed by atoms with Crippen LogP contribution in [0.4, 0.5) is 0 Å². The molecule has 0 heterocycles. The molecular formula is C16H30O2. The van der Waals surface area contributed by atoms with Gasteiger partial charge in [-0.1, -0.05) is 57.8 Å². The highest BCUT2D eigenvalue weighted by atomic mass is 16.4. The SMILES string of the molecule is CC=CCCCCC.CCCCCC=CC(=O)O. The molecule has 2 nitrogen and oxygen atoms in total. The highest BCUT2D eigenvalue weighted by Gasteiger charge is 1.84. The third-order valence-corrected chi connectivity index (χ3v) is 2.44. The van der Waals surface area contributed by atoms with Crippen molar-refractivity contribution in [3.05, 3.63) is 24.3 Å². The number of hydrogen-bond acceptors (Lipinski definition) is 1. The molecule has 1 N–H and O–H groups in total. The quantitative estimate of drug-likeness (QED) is 0.342. The van der Waals surface area contributed by atoms with Crippen LogP contribution in [0.3, 0.4) is 0 Å². The predicted molar refractivity (Wildman–Crippen MR) is 79.9 cm³/mol. The molecule has 106 valence electrons. The van der Waals surface area contributed by atoms with Gasteiger partial charge in [-0.3, -0.25) is 0 Å². The zero-order chi connectivity index (χ0) is 14.1. The second-order valence-corrected chi connectivity index (χ2v) is 4.30. The number of rotatable bonds is 9. The third kappa shape index (κ3) is 24.3. The number of carboxylic acid groups (broad SMARTS) is 1. The van der Waals surface area contributed by atoms with Crippen molar-refractivity contribution in [1.82, 2.24) is 0 Å². The molecule has 0 aromatic carbocycles. The molecule has 0 aromatic rings. The Kier molecular flexibility index (Phi) is 19.6. The Morgan fingerprint density at radius 1 is 0.944 bits per heavy atom. The number of carbonyl (C=O) groups is 1. The Morgan fingerprint density at radius 3 is 1.83 bits per heavy atom. The van der Waals surface area contributed by atoms with Crippen molar-refractivity contribution in [3.63, 3.8) is 0 Å². The van der Waals surface area contributed by atoms with E-state index in [1.807, 2.05) is 0 Å². The lowest BCUT2D eigenvalue weighted by Gasteiger charge is -1.89. The van der Waals surface area contributed by atoms with E-state index in [9.17, 15) is 4.79 Å². The van der Waals surface area contributed by atoms with Crippen LogP contribution in [0.25, 0.3) is 0 Å². The molecule has 0 radical (unpaired) electrons. The first-order valence-corrected chi connectivity index (χ1v) is 7.19. The molecule has 0 aliphatic heterocycles. The molecule has 0 saturated heterocycles. The lowest BCUT2D eigenvalue weighted by molar-refractivity contribution is -0.131. The minimum absolute atomic E-state index is 0.850. The van der Waals surface area contributed by atoms with Gasteiger partial charge in [0.15, 0.2) is 0 Å². The van der Waals surface area contributed by atoms with Crippen LogP contribution in [-0.4, -0.2) is 11.1 Å². The van der Waals surface area contributed by atoms with Gasteiger partial charge < -0.3 is 5.11 Å². The summed E-state index contributed by atoms with van der Waals surface area (Å²) in [5.41, 5.74) is 0. The molecule has 0 amide bonds. The first-order valence-electron chi connectivity index (χ1n) is 7.19. The average molecular weight is 254 g/mol. The minimum Gasteiger partial charge on any atom is -0.478 e. The highest BCUT2D eigenvalue weighted by Crippen LogP contribution is 1.99. The molecular weight excluding hydrogens is 224 g/mol. The summed E-state index contributed by atoms with van der Waals surface area (Å²) < 4.78 is 0. The Hall–Kier alpha value is -1.05. The summed E-state index contributed by atoms with van der Waals surface area (Å²) in [6.07, 6.45) is 17.0. The van der Waals surface area contributed by atoms with E-state index in [1.54, 1.807) is 6.08 Å². The molecule has 0 atom stereocenters. The molecule has 0 bridgehead atoms. The number of unbranched alkanes of at least 4 members (excludes halogenated alkanes) is 6. The first-order chi connectivity index (χ1) is 8.68. The van der Waals surface area contributed by atoms with Crippen molar-refractivity contribution in [2.75, 3.05) is 0 Å². The third-order valence-electron chi connectivity index (χ3n) is 2.44. The van der Waals surface area contributed by atoms with E-state index in [2.05, 4.69) is 32.9 Å². The van der Waals surface area contributed by atoms with Crippen LogP contribution in [-0.2, 0) is 4.79 Å². The van der Waals surface area contributed by atoms with Crippen LogP contribution < -0.4 is 0 Å². The zero-order valence-electron chi connectivity index (χ0n) is 12.3. The van der Waals surface area contributed by atoms with Gasteiger partial charge in [-0.25, -0.2) is 4.79 Å². The van der Waals surface area contributed by atoms with E-state index in [-0.39, 0.29) is 0 Å². The van der Waals surface area contributed by atoms with E-state index >= 15 is 0 Å². The maximum atomic E-state index is 9.95. The molecule has 0 aliphatic rings. The van der Waals surface area contributed by atoms with E-state index in [4.69, 9.17) is 5.11 Å². The second kappa shape index (κ2) is 18.3. The van der Waals surface area contributed by atoms with Crippen LogP contribution in [0.2, 0.25) is 0 Å². The summed E-state index contributed by atoms with van der Waals surface area (Å²) in [7, 11) is 0. The van der Waals surface area contributed by atoms with Gasteiger partial charge in [0.25, 0.3) is 0 Å². The summed E-state index contributed by atoms with van der Waals surface area (Å²) >= 11 is 0. The highest BCUT2D eigenvalue weighted by molar-refractivity contribution is 5.79. The number of hydrogen-bond donors (Lipinski definition) is 1. The van der Waals surface area contributed by atoms with Gasteiger partial charge in [0.1, 0.15) is 0 Å². The molecule has 0 aliphatic carbocycles. The lowest BCUT2D eigenvalue weighted by Crippen LogP contribution is -1.85. The van der Waals surface area contributed by atoms with Crippen molar-refractivity contribution >= 4 is 5.97 Å². The Labute approximate surface area is 113 Å². The minimum atomic E-state index is -0.850. The average Bonchev–Trinajstić information content (AvgIpc) is 2.35. The maximum absolute atomic E-state index is 9.95. The fourth-order valence-electron chi connectivity index (χ4n) is 1.38. The summed E-state index contributed by atoms with van der Waals surface area (Å²) in [6, 6.07) is 0. The van der Waals surface area contributed by atoms with Crippen molar-refractivity contribution in [1.29, 1.82) is 0 Å². The summed E-state index contributed by atoms with van der Waals surface area (Å²) in [4.78, 5) is 9.95.